The van der Waals surface area contributed by atoms with Crippen molar-refractivity contribution in [2.75, 3.05) is 23.9 Å². The fourth-order valence-corrected chi connectivity index (χ4v) is 6.12. The topological polar surface area (TPSA) is 37.8 Å². The predicted molar refractivity (Wildman–Crippen MR) is 100 cm³/mol. The van der Waals surface area contributed by atoms with Crippen LogP contribution in [-0.4, -0.2) is 33.8 Å². The first-order valence-corrected chi connectivity index (χ1v) is 10.4. The molecule has 2 heterocycles. The lowest BCUT2D eigenvalue weighted by Gasteiger charge is -2.29. The Morgan fingerprint density at radius 3 is 2.65 bits per heavy atom. The molecule has 20 heavy (non-hydrogen) atoms. The molecule has 1 aromatic heterocycles. The lowest BCUT2D eigenvalue weighted by Crippen LogP contribution is -2.21. The van der Waals surface area contributed by atoms with E-state index in [9.17, 15) is 0 Å². The van der Waals surface area contributed by atoms with Gasteiger partial charge in [-0.25, -0.2) is 9.97 Å². The van der Waals surface area contributed by atoms with Crippen LogP contribution in [0.15, 0.2) is 0 Å². The smallest absolute Gasteiger partial charge is 0.145 e. The van der Waals surface area contributed by atoms with Crippen LogP contribution in [0, 0.1) is 3.57 Å². The number of nitrogens with one attached hydrogen (secondary N) is 1. The van der Waals surface area contributed by atoms with E-state index in [2.05, 4.69) is 53.5 Å². The van der Waals surface area contributed by atoms with E-state index in [1.54, 1.807) is 0 Å². The normalized spacial score (nSPS) is 22.8. The molecule has 1 aliphatic heterocycles. The average molecular weight is 423 g/mol. The Morgan fingerprint density at radius 1 is 1.25 bits per heavy atom. The second-order valence-corrected chi connectivity index (χ2v) is 8.48. The van der Waals surface area contributed by atoms with Crippen molar-refractivity contribution < 1.29 is 0 Å². The molecule has 1 aliphatic rings. The van der Waals surface area contributed by atoms with Gasteiger partial charge in [-0.15, -0.1) is 11.8 Å². The van der Waals surface area contributed by atoms with E-state index in [-0.39, 0.29) is 0 Å². The zero-order valence-electron chi connectivity index (χ0n) is 12.3. The zero-order valence-corrected chi connectivity index (χ0v) is 16.1. The molecule has 0 aromatic carbocycles. The van der Waals surface area contributed by atoms with Gasteiger partial charge in [-0.05, 0) is 35.4 Å². The van der Waals surface area contributed by atoms with E-state index >= 15 is 0 Å². The number of hydrogen-bond acceptors (Lipinski definition) is 5. The van der Waals surface area contributed by atoms with Crippen molar-refractivity contribution in [3.8, 4) is 0 Å². The maximum atomic E-state index is 4.90. The van der Waals surface area contributed by atoms with Crippen LogP contribution in [0.2, 0.25) is 0 Å². The molecule has 2 unspecified atom stereocenters. The first-order valence-electron chi connectivity index (χ1n) is 7.18. The molecule has 6 heteroatoms. The van der Waals surface area contributed by atoms with Crippen molar-refractivity contribution in [2.24, 2.45) is 0 Å². The highest BCUT2D eigenvalue weighted by atomic mass is 127. The van der Waals surface area contributed by atoms with Crippen molar-refractivity contribution in [3.05, 3.63) is 15.1 Å². The van der Waals surface area contributed by atoms with E-state index in [1.165, 1.54) is 27.2 Å². The third-order valence-corrected chi connectivity index (χ3v) is 7.74. The summed E-state index contributed by atoms with van der Waals surface area (Å²) in [4.78, 5) is 9.69. The Labute approximate surface area is 144 Å². The molecule has 0 radical (unpaired) electrons. The Balaban J connectivity index is 2.36. The summed E-state index contributed by atoms with van der Waals surface area (Å²) in [6, 6.07) is 0. The van der Waals surface area contributed by atoms with E-state index in [4.69, 9.17) is 9.97 Å². The highest BCUT2D eigenvalue weighted by Gasteiger charge is 2.29. The van der Waals surface area contributed by atoms with Crippen LogP contribution >= 0.6 is 46.1 Å². The molecule has 0 bridgehead atoms. The van der Waals surface area contributed by atoms with Crippen LogP contribution in [0.1, 0.15) is 43.5 Å². The fraction of sp³-hybridized carbons (Fsp3) is 0.714. The first kappa shape index (κ1) is 16.7. The largest absolute Gasteiger partial charge is 0.372 e. The number of hydrogen-bond donors (Lipinski definition) is 1. The summed E-state index contributed by atoms with van der Waals surface area (Å²) in [5.41, 5.74) is 1.20. The maximum Gasteiger partial charge on any atom is 0.145 e. The van der Waals surface area contributed by atoms with Crippen LogP contribution in [0.25, 0.3) is 0 Å². The highest BCUT2D eigenvalue weighted by molar-refractivity contribution is 14.1. The third kappa shape index (κ3) is 3.74. The minimum absolute atomic E-state index is 0.443. The number of rotatable bonds is 5. The minimum atomic E-state index is 0.443. The minimum Gasteiger partial charge on any atom is -0.372 e. The zero-order chi connectivity index (χ0) is 14.5. The molecule has 0 saturated carbocycles. The first-order chi connectivity index (χ1) is 9.71. The molecule has 2 rings (SSSR count). The Hall–Kier alpha value is 0.310. The van der Waals surface area contributed by atoms with Gasteiger partial charge in [0, 0.05) is 23.8 Å². The molecule has 0 aliphatic carbocycles. The van der Waals surface area contributed by atoms with E-state index < -0.39 is 0 Å². The van der Waals surface area contributed by atoms with Gasteiger partial charge in [0.15, 0.2) is 0 Å². The van der Waals surface area contributed by atoms with Crippen LogP contribution in [0.5, 0.6) is 0 Å². The molecular formula is C14H22IN3S2. The van der Waals surface area contributed by atoms with E-state index in [1.807, 2.05) is 18.8 Å². The molecule has 112 valence electrons. The molecular weight excluding hydrogens is 401 g/mol. The monoisotopic (exact) mass is 423 g/mol. The van der Waals surface area contributed by atoms with Crippen molar-refractivity contribution >= 4 is 51.9 Å². The predicted octanol–water partition coefficient (Wildman–Crippen LogP) is 4.38. The van der Waals surface area contributed by atoms with Gasteiger partial charge in [-0.3, -0.25) is 0 Å². The van der Waals surface area contributed by atoms with Crippen LogP contribution in [-0.2, 0) is 6.42 Å². The number of aryl methyl sites for hydroxylation is 1. The molecule has 0 amide bonds. The fourth-order valence-electron chi connectivity index (χ4n) is 2.35. The van der Waals surface area contributed by atoms with Gasteiger partial charge in [-0.2, -0.15) is 11.8 Å². The summed E-state index contributed by atoms with van der Waals surface area (Å²) < 4.78 is 1.18. The quantitative estimate of drug-likeness (QED) is 0.712. The van der Waals surface area contributed by atoms with Crippen molar-refractivity contribution in [2.45, 2.75) is 43.6 Å². The van der Waals surface area contributed by atoms with Crippen LogP contribution in [0.4, 0.5) is 5.82 Å². The second kappa shape index (κ2) is 8.08. The van der Waals surface area contributed by atoms with Gasteiger partial charge in [0.2, 0.25) is 0 Å². The summed E-state index contributed by atoms with van der Waals surface area (Å²) in [5, 5.41) is 4.32. The molecule has 0 spiro atoms. The molecule has 3 nitrogen and oxygen atoms in total. The number of anilines is 1. The average Bonchev–Trinajstić information content (AvgIpc) is 2.49. The van der Waals surface area contributed by atoms with Crippen molar-refractivity contribution in [1.82, 2.24) is 9.97 Å². The van der Waals surface area contributed by atoms with Gasteiger partial charge in [0.25, 0.3) is 0 Å². The highest BCUT2D eigenvalue weighted by Crippen LogP contribution is 2.43. The number of halogens is 1. The maximum absolute atomic E-state index is 4.90. The second-order valence-electron chi connectivity index (χ2n) is 4.80. The Bertz CT molecular complexity index is 456. The van der Waals surface area contributed by atoms with Gasteiger partial charge < -0.3 is 5.32 Å². The van der Waals surface area contributed by atoms with Gasteiger partial charge in [0.1, 0.15) is 11.6 Å². The molecule has 1 fully saturated rings. The van der Waals surface area contributed by atoms with E-state index in [0.717, 1.165) is 24.5 Å². The SMILES string of the molecule is CCCc1nc(C2SCCSC2CC)nc(NC)c1I. The summed E-state index contributed by atoms with van der Waals surface area (Å²) in [6.07, 6.45) is 3.35. The lowest BCUT2D eigenvalue weighted by molar-refractivity contribution is 0.734. The number of nitrogens with zero attached hydrogens (tertiary/aromatic N) is 2. The summed E-state index contributed by atoms with van der Waals surface area (Å²) in [5.74, 6) is 4.48. The Morgan fingerprint density at radius 2 is 2.00 bits per heavy atom. The van der Waals surface area contributed by atoms with Crippen molar-refractivity contribution in [3.63, 3.8) is 0 Å². The molecule has 2 atom stereocenters. The lowest BCUT2D eigenvalue weighted by atomic mass is 10.2. The van der Waals surface area contributed by atoms with E-state index in [0.29, 0.717) is 10.5 Å². The van der Waals surface area contributed by atoms with Crippen molar-refractivity contribution in [1.29, 1.82) is 0 Å². The summed E-state index contributed by atoms with van der Waals surface area (Å²) in [7, 11) is 1.95. The molecule has 1 saturated heterocycles. The van der Waals surface area contributed by atoms with Crippen LogP contribution in [0.3, 0.4) is 0 Å². The van der Waals surface area contributed by atoms with Gasteiger partial charge >= 0.3 is 0 Å². The molecule has 1 aromatic rings. The standard InChI is InChI=1S/C14H22IN3S2/c1-4-6-9-11(15)13(16-3)18-14(17-9)12-10(5-2)19-7-8-20-12/h10,12H,4-8H2,1-3H3,(H,16,17,18). The summed E-state index contributed by atoms with van der Waals surface area (Å²) in [6.45, 7) is 4.48. The van der Waals surface area contributed by atoms with Gasteiger partial charge in [0.05, 0.1) is 14.5 Å². The third-order valence-electron chi connectivity index (χ3n) is 3.37. The number of thioether (sulfide) groups is 2. The van der Waals surface area contributed by atoms with Crippen LogP contribution < -0.4 is 5.32 Å². The van der Waals surface area contributed by atoms with Gasteiger partial charge in [-0.1, -0.05) is 20.3 Å². The molecule has 1 N–H and O–H groups in total. The summed E-state index contributed by atoms with van der Waals surface area (Å²) >= 11 is 6.47. The Kier molecular flexibility index (Phi) is 6.74. The number of aromatic nitrogens is 2.